The van der Waals surface area contributed by atoms with Crippen LogP contribution in [0.15, 0.2) is 104 Å². The van der Waals surface area contributed by atoms with Crippen LogP contribution in [-0.2, 0) is 24.3 Å². The van der Waals surface area contributed by atoms with Crippen molar-refractivity contribution < 1.29 is 18.7 Å². The minimum Gasteiger partial charge on any atom is -0.403 e. The first kappa shape index (κ1) is 30.8. The van der Waals surface area contributed by atoms with Crippen LogP contribution in [0.3, 0.4) is 0 Å². The molecule has 2 N–H and O–H groups in total. The van der Waals surface area contributed by atoms with E-state index in [0.29, 0.717) is 11.2 Å². The molecule has 1 aliphatic rings. The lowest BCUT2D eigenvalue weighted by Crippen LogP contribution is -2.47. The molecule has 0 amide bonds. The highest BCUT2D eigenvalue weighted by Gasteiger charge is 2.51. The second kappa shape index (κ2) is 11.9. The van der Waals surface area contributed by atoms with Gasteiger partial charge >= 0.3 is 0 Å². The quantitative estimate of drug-likeness (QED) is 0.151. The van der Waals surface area contributed by atoms with Crippen LogP contribution in [0.25, 0.3) is 11.2 Å². The van der Waals surface area contributed by atoms with Crippen molar-refractivity contribution in [3.8, 4) is 0 Å². The molecule has 1 saturated heterocycles. The van der Waals surface area contributed by atoms with E-state index < -0.39 is 32.4 Å². The van der Waals surface area contributed by atoms with E-state index in [-0.39, 0.29) is 23.2 Å². The average Bonchev–Trinajstić information content (AvgIpc) is 3.60. The monoisotopic (exact) mass is 621 g/mol. The number of rotatable bonds is 9. The first-order chi connectivity index (χ1) is 21.5. The molecule has 0 spiro atoms. The molecule has 1 fully saturated rings. The molecule has 6 rings (SSSR count). The van der Waals surface area contributed by atoms with Crippen molar-refractivity contribution in [2.24, 2.45) is 0 Å². The Morgan fingerprint density at radius 1 is 0.844 bits per heavy atom. The molecule has 2 aromatic heterocycles. The summed E-state index contributed by atoms with van der Waals surface area (Å²) in [6, 6.07) is 30.2. The highest BCUT2D eigenvalue weighted by atomic mass is 28.4. The van der Waals surface area contributed by atoms with E-state index in [1.165, 1.54) is 6.33 Å². The number of ether oxygens (including phenoxy) is 2. The highest BCUT2D eigenvalue weighted by Crippen LogP contribution is 2.44. The Morgan fingerprint density at radius 2 is 1.38 bits per heavy atom. The van der Waals surface area contributed by atoms with Crippen LogP contribution in [0.1, 0.15) is 43.7 Å². The van der Waals surface area contributed by atoms with Gasteiger partial charge < -0.3 is 19.6 Å². The maximum absolute atomic E-state index is 14.3. The van der Waals surface area contributed by atoms with Crippen LogP contribution >= 0.6 is 0 Å². The lowest BCUT2D eigenvalue weighted by Gasteiger charge is -2.38. The largest absolute Gasteiger partial charge is 0.403 e. The summed E-state index contributed by atoms with van der Waals surface area (Å²) < 4.78 is 22.1. The average molecular weight is 622 g/mol. The first-order valence-corrected chi connectivity index (χ1v) is 18.0. The maximum atomic E-state index is 14.3. The van der Waals surface area contributed by atoms with Crippen molar-refractivity contribution in [2.45, 2.75) is 62.9 Å². The number of carbonyl (C=O) groups is 1. The summed E-state index contributed by atoms with van der Waals surface area (Å²) in [5.41, 5.74) is 8.81. The van der Waals surface area contributed by atoms with Crippen LogP contribution in [-0.4, -0.2) is 52.4 Å². The van der Waals surface area contributed by atoms with E-state index in [2.05, 4.69) is 48.8 Å². The summed E-state index contributed by atoms with van der Waals surface area (Å²) in [7, 11) is -2.42. The molecular weight excluding hydrogens is 583 g/mol. The molecule has 0 unspecified atom stereocenters. The Hall–Kier alpha value is -4.22. The SMILES string of the molecule is CC(C)(C)[Si](C)(C)O[C@@H]1C(=O)[C@@H](COC(c2ccccc2)(c2ccccc2)c2ccccc2)O[C@H]1n1cnc2c(N)ncnc21. The molecule has 3 aromatic carbocycles. The number of hydrogen-bond acceptors (Lipinski definition) is 8. The second-order valence-electron chi connectivity index (χ2n) is 12.9. The lowest BCUT2D eigenvalue weighted by molar-refractivity contribution is -0.131. The molecule has 1 aliphatic heterocycles. The van der Waals surface area contributed by atoms with Gasteiger partial charge in [0.25, 0.3) is 0 Å². The molecule has 0 aliphatic carbocycles. The minimum atomic E-state index is -2.42. The number of carbonyl (C=O) groups excluding carboxylic acids is 1. The Labute approximate surface area is 264 Å². The summed E-state index contributed by atoms with van der Waals surface area (Å²) in [4.78, 5) is 27.3. The third-order valence-corrected chi connectivity index (χ3v) is 13.5. The molecular formula is C35H39N5O4Si. The Balaban J connectivity index is 1.41. The van der Waals surface area contributed by atoms with Gasteiger partial charge in [0.1, 0.15) is 23.5 Å². The molecule has 3 heterocycles. The normalized spacial score (nSPS) is 19.3. The number of hydrogen-bond donors (Lipinski definition) is 1. The third kappa shape index (κ3) is 5.59. The molecule has 45 heavy (non-hydrogen) atoms. The van der Waals surface area contributed by atoms with Gasteiger partial charge in [-0.15, -0.1) is 0 Å². The van der Waals surface area contributed by atoms with Crippen LogP contribution in [0.4, 0.5) is 5.82 Å². The molecule has 10 heteroatoms. The first-order valence-electron chi connectivity index (χ1n) is 15.1. The van der Waals surface area contributed by atoms with Crippen LogP contribution in [0.2, 0.25) is 18.1 Å². The zero-order valence-corrected chi connectivity index (χ0v) is 27.3. The van der Waals surface area contributed by atoms with Gasteiger partial charge in [0.2, 0.25) is 0 Å². The number of Topliss-reactive ketones (excluding diaryl/α,β-unsaturated/α-hetero) is 1. The van der Waals surface area contributed by atoms with Gasteiger partial charge in [-0.25, -0.2) is 15.0 Å². The molecule has 3 atom stereocenters. The summed E-state index contributed by atoms with van der Waals surface area (Å²) in [5.74, 6) is 0.0694. The van der Waals surface area contributed by atoms with Gasteiger partial charge in [0, 0.05) is 0 Å². The molecule has 0 bridgehead atoms. The van der Waals surface area contributed by atoms with E-state index in [1.807, 2.05) is 91.0 Å². The zero-order valence-electron chi connectivity index (χ0n) is 26.3. The van der Waals surface area contributed by atoms with Gasteiger partial charge in [-0.05, 0) is 34.8 Å². The van der Waals surface area contributed by atoms with E-state index in [4.69, 9.17) is 19.6 Å². The Morgan fingerprint density at radius 3 is 1.89 bits per heavy atom. The Bertz CT molecular complexity index is 1680. The minimum absolute atomic E-state index is 0.0187. The van der Waals surface area contributed by atoms with E-state index in [9.17, 15) is 4.79 Å². The number of anilines is 1. The zero-order chi connectivity index (χ0) is 31.8. The van der Waals surface area contributed by atoms with Crippen molar-refractivity contribution in [3.63, 3.8) is 0 Å². The fourth-order valence-electron chi connectivity index (χ4n) is 5.60. The molecule has 0 saturated carbocycles. The molecule has 0 radical (unpaired) electrons. The number of ketones is 1. The van der Waals surface area contributed by atoms with E-state index in [0.717, 1.165) is 16.7 Å². The second-order valence-corrected chi connectivity index (χ2v) is 17.6. The Kier molecular flexibility index (Phi) is 8.17. The number of nitrogen functional groups attached to an aromatic ring is 1. The van der Waals surface area contributed by atoms with Crippen LogP contribution in [0.5, 0.6) is 0 Å². The fourth-order valence-corrected chi connectivity index (χ4v) is 6.82. The van der Waals surface area contributed by atoms with Crippen LogP contribution in [0, 0.1) is 0 Å². The molecule has 9 nitrogen and oxygen atoms in total. The number of imidazole rings is 1. The van der Waals surface area contributed by atoms with Gasteiger partial charge in [0.05, 0.1) is 12.9 Å². The third-order valence-electron chi connectivity index (χ3n) is 9.04. The predicted octanol–water partition coefficient (Wildman–Crippen LogP) is 6.27. The highest BCUT2D eigenvalue weighted by molar-refractivity contribution is 6.74. The fraction of sp³-hybridized carbons (Fsp3) is 0.314. The summed E-state index contributed by atoms with van der Waals surface area (Å²) in [6.45, 7) is 10.7. The summed E-state index contributed by atoms with van der Waals surface area (Å²) in [6.07, 6.45) is 0.329. The summed E-state index contributed by atoms with van der Waals surface area (Å²) >= 11 is 0. The molecule has 232 valence electrons. The smallest absolute Gasteiger partial charge is 0.196 e. The van der Waals surface area contributed by atoms with E-state index >= 15 is 0 Å². The van der Waals surface area contributed by atoms with Crippen molar-refractivity contribution >= 4 is 31.1 Å². The van der Waals surface area contributed by atoms with Crippen molar-refractivity contribution in [1.82, 2.24) is 19.5 Å². The molecule has 5 aromatic rings. The predicted molar refractivity (Wildman–Crippen MR) is 176 cm³/mol. The number of benzene rings is 3. The van der Waals surface area contributed by atoms with Crippen molar-refractivity contribution in [3.05, 3.63) is 120 Å². The summed E-state index contributed by atoms with van der Waals surface area (Å²) in [5, 5.41) is -0.140. The maximum Gasteiger partial charge on any atom is 0.196 e. The van der Waals surface area contributed by atoms with Gasteiger partial charge in [-0.3, -0.25) is 9.36 Å². The number of fused-ring (bicyclic) bond motifs is 1. The topological polar surface area (TPSA) is 114 Å². The van der Waals surface area contributed by atoms with Crippen LogP contribution < -0.4 is 5.73 Å². The van der Waals surface area contributed by atoms with E-state index in [1.54, 1.807) is 10.9 Å². The number of nitrogens with zero attached hydrogens (tertiary/aromatic N) is 4. The number of aromatic nitrogens is 4. The van der Waals surface area contributed by atoms with Crippen molar-refractivity contribution in [1.29, 1.82) is 0 Å². The standard InChI is InChI=1S/C35H39N5O4Si/c1-34(2,3)45(4,5)44-30-29(41)27(43-33(30)40-23-39-28-31(36)37-22-38-32(28)40)21-42-35(24-15-9-6-10-16-24,25-17-11-7-12-18-25)26-19-13-8-14-20-26/h6-20,22-23,27,30,33H,21H2,1-5H3,(H2,36,37,38)/t27-,30-,33-/m1/s1. The van der Waals surface area contributed by atoms with Crippen molar-refractivity contribution in [2.75, 3.05) is 12.3 Å². The number of nitrogens with two attached hydrogens (primary N) is 1. The lowest BCUT2D eigenvalue weighted by atomic mass is 9.80. The van der Waals surface area contributed by atoms with Gasteiger partial charge in [-0.1, -0.05) is 112 Å². The van der Waals surface area contributed by atoms with Gasteiger partial charge in [0.15, 0.2) is 37.9 Å². The van der Waals surface area contributed by atoms with Gasteiger partial charge in [-0.2, -0.15) is 0 Å².